The molecule has 0 unspecified atom stereocenters. The minimum atomic E-state index is -4.68. The summed E-state index contributed by atoms with van der Waals surface area (Å²) in [7, 11) is 0. The fourth-order valence-electron chi connectivity index (χ4n) is 0.770. The third kappa shape index (κ3) is 4.50. The molecule has 0 rings (SSSR count). The molecule has 16 heavy (non-hydrogen) atoms. The lowest BCUT2D eigenvalue weighted by molar-refractivity contribution is -0.132. The second kappa shape index (κ2) is 5.18. The molecule has 0 radical (unpaired) electrons. The van der Waals surface area contributed by atoms with Crippen molar-refractivity contribution in [2.45, 2.75) is 25.9 Å². The Bertz CT molecular complexity index is 316. The molecule has 0 atom stereocenters. The summed E-state index contributed by atoms with van der Waals surface area (Å²) in [5, 5.41) is 0. The van der Waals surface area contributed by atoms with E-state index in [1.807, 2.05) is 0 Å². The Labute approximate surface area is 88.9 Å². The van der Waals surface area contributed by atoms with Crippen molar-refractivity contribution < 1.29 is 26.7 Å². The molecule has 0 spiro atoms. The molecule has 0 amide bonds. The Morgan fingerprint density at radius 3 is 2.06 bits per heavy atom. The van der Waals surface area contributed by atoms with Crippen molar-refractivity contribution in [2.24, 2.45) is 4.99 Å². The van der Waals surface area contributed by atoms with Crippen LogP contribution in [-0.2, 0) is 4.79 Å². The van der Waals surface area contributed by atoms with Gasteiger partial charge in [0, 0.05) is 6.92 Å². The maximum atomic E-state index is 13.1. The Hall–Kier alpha value is -1.27. The summed E-state index contributed by atoms with van der Waals surface area (Å²) < 4.78 is 61.5. The van der Waals surface area contributed by atoms with Gasteiger partial charge in [-0.25, -0.2) is 0 Å². The zero-order valence-electron chi connectivity index (χ0n) is 8.61. The number of hydrogen-bond donors (Lipinski definition) is 0. The molecule has 0 N–H and O–H groups in total. The van der Waals surface area contributed by atoms with Crippen molar-refractivity contribution in [3.05, 3.63) is 12.2 Å². The van der Waals surface area contributed by atoms with Gasteiger partial charge in [-0.15, -0.1) is 0 Å². The van der Waals surface area contributed by atoms with Crippen LogP contribution in [0.4, 0.5) is 22.0 Å². The molecule has 0 aromatic heterocycles. The van der Waals surface area contributed by atoms with E-state index in [2.05, 4.69) is 4.99 Å². The van der Waals surface area contributed by atoms with E-state index in [-0.39, 0.29) is 0 Å². The lowest BCUT2D eigenvalue weighted by Gasteiger charge is -2.13. The van der Waals surface area contributed by atoms with Crippen LogP contribution in [0.25, 0.3) is 0 Å². The van der Waals surface area contributed by atoms with Crippen LogP contribution in [0.1, 0.15) is 13.8 Å². The van der Waals surface area contributed by atoms with Crippen molar-refractivity contribution >= 4 is 11.5 Å². The number of ketones is 1. The molecule has 92 valence electrons. The number of allylic oxidation sites excluding steroid dienone is 2. The van der Waals surface area contributed by atoms with Crippen molar-refractivity contribution in [1.29, 1.82) is 0 Å². The highest BCUT2D eigenvalue weighted by atomic mass is 19.4. The molecule has 0 fully saturated rings. The van der Waals surface area contributed by atoms with Gasteiger partial charge in [0.25, 0.3) is 0 Å². The van der Waals surface area contributed by atoms with Gasteiger partial charge in [0.15, 0.2) is 0 Å². The predicted octanol–water partition coefficient (Wildman–Crippen LogP) is 2.79. The first-order chi connectivity index (χ1) is 7.11. The lowest BCUT2D eigenvalue weighted by Crippen LogP contribution is -2.36. The van der Waals surface area contributed by atoms with Gasteiger partial charge in [-0.1, -0.05) is 6.08 Å². The van der Waals surface area contributed by atoms with Gasteiger partial charge in [0.1, 0.15) is 12.3 Å². The molecule has 0 aliphatic rings. The number of Topliss-reactive ketones (excluding diaryl/α,β-unsaturated/α-hetero) is 1. The van der Waals surface area contributed by atoms with Crippen LogP contribution in [-0.4, -0.2) is 30.1 Å². The number of rotatable bonds is 4. The van der Waals surface area contributed by atoms with Gasteiger partial charge in [0.2, 0.25) is 5.78 Å². The number of halogens is 5. The first-order valence-electron chi connectivity index (χ1n) is 4.24. The average molecular weight is 243 g/mol. The smallest absolute Gasteiger partial charge is 0.293 e. The third-order valence-corrected chi connectivity index (χ3v) is 1.52. The molecule has 0 aliphatic carbocycles. The zero-order chi connectivity index (χ0) is 13.0. The number of nitrogens with zero attached hydrogens (tertiary/aromatic N) is 1. The van der Waals surface area contributed by atoms with Crippen LogP contribution >= 0.6 is 0 Å². The van der Waals surface area contributed by atoms with Gasteiger partial charge < -0.3 is 0 Å². The van der Waals surface area contributed by atoms with Crippen molar-refractivity contribution in [3.63, 3.8) is 0 Å². The first-order valence-corrected chi connectivity index (χ1v) is 4.24. The predicted molar refractivity (Wildman–Crippen MR) is 48.8 cm³/mol. The first kappa shape index (κ1) is 14.7. The minimum absolute atomic E-state index is 0.590. The van der Waals surface area contributed by atoms with Gasteiger partial charge in [-0.2, -0.15) is 22.0 Å². The fraction of sp³-hybridized carbons (Fsp3) is 0.556. The van der Waals surface area contributed by atoms with Gasteiger partial charge in [0.05, 0.1) is 0 Å². The van der Waals surface area contributed by atoms with Gasteiger partial charge in [-0.3, -0.25) is 9.79 Å². The van der Waals surface area contributed by atoms with Crippen molar-refractivity contribution in [3.8, 4) is 0 Å². The normalized spacial score (nSPS) is 14.6. The van der Waals surface area contributed by atoms with Crippen LogP contribution in [0.2, 0.25) is 0 Å². The third-order valence-electron chi connectivity index (χ3n) is 1.52. The Morgan fingerprint density at radius 2 is 1.75 bits per heavy atom. The Morgan fingerprint density at radius 1 is 1.25 bits per heavy atom. The molecule has 2 nitrogen and oxygen atoms in total. The maximum absolute atomic E-state index is 13.1. The largest absolute Gasteiger partial charge is 0.407 e. The van der Waals surface area contributed by atoms with Crippen LogP contribution in [0.5, 0.6) is 0 Å². The SMILES string of the molecule is C/C=C\C(=NCC(F)(F)F)C(F)(F)C(C)=O. The molecule has 7 heteroatoms. The standard InChI is InChI=1S/C9H10F5NO/c1-3-4-7(9(13,14)6(2)16)15-5-8(10,11)12/h3-4H,5H2,1-2H3/b4-3-,15-7?. The second-order valence-electron chi connectivity index (χ2n) is 2.95. The monoisotopic (exact) mass is 243 g/mol. The molecule has 0 heterocycles. The van der Waals surface area contributed by atoms with E-state index in [0.717, 1.165) is 6.08 Å². The highest BCUT2D eigenvalue weighted by Gasteiger charge is 2.40. The zero-order valence-corrected chi connectivity index (χ0v) is 8.61. The summed E-state index contributed by atoms with van der Waals surface area (Å²) in [6.45, 7) is 0.182. The summed E-state index contributed by atoms with van der Waals surface area (Å²) in [6.07, 6.45) is -2.90. The highest BCUT2D eigenvalue weighted by molar-refractivity contribution is 6.15. The molecular formula is C9H10F5NO. The summed E-state index contributed by atoms with van der Waals surface area (Å²) in [6, 6.07) is 0. The van der Waals surface area contributed by atoms with Crippen LogP contribution in [0, 0.1) is 0 Å². The lowest BCUT2D eigenvalue weighted by atomic mass is 10.1. The Kier molecular flexibility index (Phi) is 4.77. The fourth-order valence-corrected chi connectivity index (χ4v) is 0.770. The summed E-state index contributed by atoms with van der Waals surface area (Å²) in [5.74, 6) is -5.54. The van der Waals surface area contributed by atoms with E-state index >= 15 is 0 Å². The van der Waals surface area contributed by atoms with Crippen LogP contribution in [0.3, 0.4) is 0 Å². The highest BCUT2D eigenvalue weighted by Crippen LogP contribution is 2.21. The summed E-state index contributed by atoms with van der Waals surface area (Å²) >= 11 is 0. The number of hydrogen-bond acceptors (Lipinski definition) is 2. The van der Waals surface area contributed by atoms with Gasteiger partial charge in [-0.05, 0) is 13.0 Å². The average Bonchev–Trinajstić information content (AvgIpc) is 2.10. The summed E-state index contributed by atoms with van der Waals surface area (Å²) in [4.78, 5) is 13.3. The second-order valence-corrected chi connectivity index (χ2v) is 2.95. The molecular weight excluding hydrogens is 233 g/mol. The number of aliphatic imine (C=N–C) groups is 1. The molecule has 0 aromatic carbocycles. The molecule has 0 saturated heterocycles. The van der Waals surface area contributed by atoms with Crippen molar-refractivity contribution in [2.75, 3.05) is 6.54 Å². The van der Waals surface area contributed by atoms with E-state index in [0.29, 0.717) is 13.0 Å². The quantitative estimate of drug-likeness (QED) is 0.551. The number of carbonyl (C=O) groups is 1. The minimum Gasteiger partial charge on any atom is -0.293 e. The Balaban J connectivity index is 5.09. The molecule has 0 bridgehead atoms. The van der Waals surface area contributed by atoms with E-state index in [4.69, 9.17) is 0 Å². The van der Waals surface area contributed by atoms with E-state index in [9.17, 15) is 26.7 Å². The number of alkyl halides is 5. The maximum Gasteiger partial charge on any atom is 0.407 e. The molecule has 0 aromatic rings. The number of carbonyl (C=O) groups excluding carboxylic acids is 1. The topological polar surface area (TPSA) is 29.4 Å². The summed E-state index contributed by atoms with van der Waals surface area (Å²) in [5.41, 5.74) is -1.18. The molecule has 0 saturated carbocycles. The van der Waals surface area contributed by atoms with Crippen LogP contribution < -0.4 is 0 Å². The van der Waals surface area contributed by atoms with Crippen LogP contribution in [0.15, 0.2) is 17.1 Å². The van der Waals surface area contributed by atoms with E-state index < -0.39 is 30.1 Å². The molecule has 0 aliphatic heterocycles. The van der Waals surface area contributed by atoms with E-state index in [1.54, 1.807) is 0 Å². The van der Waals surface area contributed by atoms with E-state index in [1.165, 1.54) is 6.92 Å². The van der Waals surface area contributed by atoms with Crippen molar-refractivity contribution in [1.82, 2.24) is 0 Å². The van der Waals surface area contributed by atoms with Gasteiger partial charge >= 0.3 is 12.1 Å².